The van der Waals surface area contributed by atoms with E-state index in [4.69, 9.17) is 10.8 Å². The Labute approximate surface area is 110 Å². The number of carboxylic acid groups (broad SMARTS) is 1. The molecule has 0 saturated carbocycles. The van der Waals surface area contributed by atoms with Crippen LogP contribution in [0.4, 0.5) is 15.8 Å². The highest BCUT2D eigenvalue weighted by atomic mass is 32.1. The first kappa shape index (κ1) is 13.0. The Morgan fingerprint density at radius 2 is 1.95 bits per heavy atom. The summed E-state index contributed by atoms with van der Waals surface area (Å²) < 4.78 is 16.4. The van der Waals surface area contributed by atoms with Gasteiger partial charge in [-0.3, -0.25) is 4.79 Å². The molecule has 1 aromatic carbocycles. The number of anilines is 2. The third kappa shape index (κ3) is 2.68. The zero-order valence-corrected chi connectivity index (χ0v) is 10.2. The van der Waals surface area contributed by atoms with Crippen LogP contribution in [-0.2, 0) is 0 Å². The molecule has 1 aromatic heterocycles. The summed E-state index contributed by atoms with van der Waals surface area (Å²) >= 11 is 0.630. The summed E-state index contributed by atoms with van der Waals surface area (Å²) in [6.45, 7) is 0. The van der Waals surface area contributed by atoms with Crippen LogP contribution >= 0.6 is 11.5 Å². The predicted molar refractivity (Wildman–Crippen MR) is 67.8 cm³/mol. The van der Waals surface area contributed by atoms with Crippen LogP contribution < -0.4 is 11.1 Å². The first-order chi connectivity index (χ1) is 8.99. The summed E-state index contributed by atoms with van der Waals surface area (Å²) in [6, 6.07) is 5.10. The van der Waals surface area contributed by atoms with E-state index in [1.807, 2.05) is 0 Å². The summed E-state index contributed by atoms with van der Waals surface area (Å²) in [4.78, 5) is 22.4. The number of aromatic carboxylic acids is 1. The van der Waals surface area contributed by atoms with Crippen molar-refractivity contribution in [1.29, 1.82) is 0 Å². The summed E-state index contributed by atoms with van der Waals surface area (Å²) in [5.41, 5.74) is 5.54. The lowest BCUT2D eigenvalue weighted by molar-refractivity contribution is 0.0703. The maximum Gasteiger partial charge on any atom is 0.349 e. The average molecular weight is 281 g/mol. The first-order valence-corrected chi connectivity index (χ1v) is 5.81. The van der Waals surface area contributed by atoms with E-state index in [9.17, 15) is 14.0 Å². The summed E-state index contributed by atoms with van der Waals surface area (Å²) in [6.07, 6.45) is 0. The Morgan fingerprint density at radius 1 is 1.32 bits per heavy atom. The van der Waals surface area contributed by atoms with Gasteiger partial charge in [-0.05, 0) is 35.8 Å². The number of amides is 1. The molecule has 2 rings (SSSR count). The molecule has 0 atom stereocenters. The van der Waals surface area contributed by atoms with E-state index < -0.39 is 17.7 Å². The highest BCUT2D eigenvalue weighted by molar-refractivity contribution is 7.08. The number of nitrogens with one attached hydrogen (secondary N) is 1. The fraction of sp³-hybridized carbons (Fsp3) is 0. The number of hydrogen-bond donors (Lipinski definition) is 3. The molecule has 0 radical (unpaired) electrons. The Morgan fingerprint density at radius 3 is 2.47 bits per heavy atom. The van der Waals surface area contributed by atoms with Gasteiger partial charge in [0.25, 0.3) is 5.91 Å². The van der Waals surface area contributed by atoms with Crippen molar-refractivity contribution in [1.82, 2.24) is 4.37 Å². The number of benzene rings is 1. The topological polar surface area (TPSA) is 105 Å². The highest BCUT2D eigenvalue weighted by Crippen LogP contribution is 2.22. The van der Waals surface area contributed by atoms with Crippen LogP contribution in [0, 0.1) is 5.82 Å². The number of nitrogens with two attached hydrogens (primary N) is 1. The molecule has 19 heavy (non-hydrogen) atoms. The summed E-state index contributed by atoms with van der Waals surface area (Å²) in [5.74, 6) is -2.32. The largest absolute Gasteiger partial charge is 0.477 e. The molecule has 4 N–H and O–H groups in total. The molecule has 1 amide bonds. The number of halogens is 1. The molecule has 6 nitrogen and oxygen atoms in total. The molecule has 8 heteroatoms. The van der Waals surface area contributed by atoms with Gasteiger partial charge in [0.05, 0.1) is 5.69 Å². The SMILES string of the molecule is Nc1c(C(=O)Nc2ccc(F)cc2)nsc1C(=O)O. The smallest absolute Gasteiger partial charge is 0.349 e. The maximum atomic E-state index is 12.7. The van der Waals surface area contributed by atoms with Gasteiger partial charge in [-0.15, -0.1) is 0 Å². The van der Waals surface area contributed by atoms with Crippen molar-refractivity contribution in [2.45, 2.75) is 0 Å². The second-order valence-electron chi connectivity index (χ2n) is 3.54. The van der Waals surface area contributed by atoms with E-state index in [-0.39, 0.29) is 16.3 Å². The van der Waals surface area contributed by atoms with Crippen molar-refractivity contribution in [3.63, 3.8) is 0 Å². The molecule has 0 aliphatic carbocycles. The van der Waals surface area contributed by atoms with E-state index in [1.165, 1.54) is 24.3 Å². The van der Waals surface area contributed by atoms with E-state index in [2.05, 4.69) is 9.69 Å². The van der Waals surface area contributed by atoms with Crippen molar-refractivity contribution < 1.29 is 19.1 Å². The molecule has 2 aromatic rings. The minimum absolute atomic E-state index is 0.160. The number of nitrogens with zero attached hydrogens (tertiary/aromatic N) is 1. The van der Waals surface area contributed by atoms with Gasteiger partial charge < -0.3 is 16.2 Å². The first-order valence-electron chi connectivity index (χ1n) is 5.04. The van der Waals surface area contributed by atoms with Crippen LogP contribution in [0.5, 0.6) is 0 Å². The molecule has 0 spiro atoms. The average Bonchev–Trinajstić information content (AvgIpc) is 2.74. The summed E-state index contributed by atoms with van der Waals surface area (Å²) in [7, 11) is 0. The molecule has 0 bridgehead atoms. The zero-order chi connectivity index (χ0) is 14.0. The molecule has 0 unspecified atom stereocenters. The van der Waals surface area contributed by atoms with Crippen LogP contribution in [0.3, 0.4) is 0 Å². The third-order valence-corrected chi connectivity index (χ3v) is 3.09. The van der Waals surface area contributed by atoms with Crippen molar-refractivity contribution in [3.05, 3.63) is 40.7 Å². The van der Waals surface area contributed by atoms with Crippen molar-refractivity contribution >= 4 is 34.8 Å². The van der Waals surface area contributed by atoms with Crippen molar-refractivity contribution in [2.24, 2.45) is 0 Å². The van der Waals surface area contributed by atoms with Gasteiger partial charge in [-0.1, -0.05) is 0 Å². The second-order valence-corrected chi connectivity index (χ2v) is 4.31. The fourth-order valence-corrected chi connectivity index (χ4v) is 1.98. The van der Waals surface area contributed by atoms with E-state index >= 15 is 0 Å². The molecule has 0 fully saturated rings. The van der Waals surface area contributed by atoms with Crippen LogP contribution in [0.15, 0.2) is 24.3 Å². The summed E-state index contributed by atoms with van der Waals surface area (Å²) in [5, 5.41) is 11.2. The fourth-order valence-electron chi connectivity index (χ4n) is 1.34. The number of nitrogen functional groups attached to an aromatic ring is 1. The Hall–Kier alpha value is -2.48. The van der Waals surface area contributed by atoms with Gasteiger partial charge in [0.1, 0.15) is 5.82 Å². The van der Waals surface area contributed by atoms with Crippen LogP contribution in [-0.4, -0.2) is 21.4 Å². The maximum absolute atomic E-state index is 12.7. The van der Waals surface area contributed by atoms with Crippen molar-refractivity contribution in [2.75, 3.05) is 11.1 Å². The van der Waals surface area contributed by atoms with Crippen LogP contribution in [0.1, 0.15) is 20.2 Å². The van der Waals surface area contributed by atoms with Gasteiger partial charge in [-0.25, -0.2) is 9.18 Å². The number of carbonyl (C=O) groups is 2. The van der Waals surface area contributed by atoms with Gasteiger partial charge in [-0.2, -0.15) is 4.37 Å². The quantitative estimate of drug-likeness (QED) is 0.795. The van der Waals surface area contributed by atoms with E-state index in [0.717, 1.165) is 0 Å². The Balaban J connectivity index is 2.21. The van der Waals surface area contributed by atoms with E-state index in [0.29, 0.717) is 17.2 Å². The van der Waals surface area contributed by atoms with Gasteiger partial charge >= 0.3 is 5.97 Å². The molecule has 98 valence electrons. The zero-order valence-electron chi connectivity index (χ0n) is 9.38. The second kappa shape index (κ2) is 5.02. The monoisotopic (exact) mass is 281 g/mol. The lowest BCUT2D eigenvalue weighted by Crippen LogP contribution is -2.14. The standard InChI is InChI=1S/C11H8FN3O3S/c12-5-1-3-6(4-2-5)14-10(16)8-7(13)9(11(17)18)19-15-8/h1-4H,13H2,(H,14,16)(H,17,18). The van der Waals surface area contributed by atoms with Crippen molar-refractivity contribution in [3.8, 4) is 0 Å². The van der Waals surface area contributed by atoms with Gasteiger partial charge in [0.15, 0.2) is 10.6 Å². The lowest BCUT2D eigenvalue weighted by Gasteiger charge is -2.03. The number of rotatable bonds is 3. The third-order valence-electron chi connectivity index (χ3n) is 2.24. The van der Waals surface area contributed by atoms with Crippen LogP contribution in [0.2, 0.25) is 0 Å². The Bertz CT molecular complexity index is 639. The van der Waals surface area contributed by atoms with Gasteiger partial charge in [0.2, 0.25) is 0 Å². The highest BCUT2D eigenvalue weighted by Gasteiger charge is 2.21. The molecule has 0 saturated heterocycles. The number of aromatic nitrogens is 1. The predicted octanol–water partition coefficient (Wildman–Crippen LogP) is 1.81. The number of hydrogen-bond acceptors (Lipinski definition) is 5. The Kier molecular flexibility index (Phi) is 3.43. The molecule has 0 aliphatic heterocycles. The molecular weight excluding hydrogens is 273 g/mol. The van der Waals surface area contributed by atoms with Crippen LogP contribution in [0.25, 0.3) is 0 Å². The lowest BCUT2D eigenvalue weighted by atomic mass is 10.2. The number of carboxylic acids is 1. The molecular formula is C11H8FN3O3S. The minimum Gasteiger partial charge on any atom is -0.477 e. The molecule has 1 heterocycles. The minimum atomic E-state index is -1.24. The van der Waals surface area contributed by atoms with E-state index in [1.54, 1.807) is 0 Å². The number of carbonyl (C=O) groups excluding carboxylic acids is 1. The van der Waals surface area contributed by atoms with Gasteiger partial charge in [0, 0.05) is 5.69 Å². The molecule has 0 aliphatic rings. The normalized spacial score (nSPS) is 10.2.